The van der Waals surface area contributed by atoms with Crippen molar-refractivity contribution in [1.29, 1.82) is 0 Å². The van der Waals surface area contributed by atoms with Gasteiger partial charge < -0.3 is 9.88 Å². The highest BCUT2D eigenvalue weighted by Gasteiger charge is 2.34. The molecule has 0 aromatic carbocycles. The molecule has 1 N–H and O–H groups in total. The maximum Gasteiger partial charge on any atom is 0.432 e. The summed E-state index contributed by atoms with van der Waals surface area (Å²) < 4.78 is 40.1. The summed E-state index contributed by atoms with van der Waals surface area (Å²) in [5.41, 5.74) is 0.429. The minimum absolute atomic E-state index is 0.0333. The Morgan fingerprint density at radius 2 is 2.21 bits per heavy atom. The summed E-state index contributed by atoms with van der Waals surface area (Å²) in [5.74, 6) is 0.483. The van der Waals surface area contributed by atoms with Crippen molar-refractivity contribution in [3.63, 3.8) is 0 Å². The van der Waals surface area contributed by atoms with Gasteiger partial charge in [0.2, 0.25) is 0 Å². The van der Waals surface area contributed by atoms with Gasteiger partial charge in [-0.2, -0.15) is 18.3 Å². The van der Waals surface area contributed by atoms with Crippen molar-refractivity contribution in [3.8, 4) is 0 Å². The molecule has 1 atom stereocenters. The van der Waals surface area contributed by atoms with Gasteiger partial charge >= 0.3 is 6.18 Å². The lowest BCUT2D eigenvalue weighted by Gasteiger charge is -2.31. The number of piperidine rings is 1. The second-order valence-electron chi connectivity index (χ2n) is 6.21. The molecule has 2 aromatic heterocycles. The highest BCUT2D eigenvalue weighted by molar-refractivity contribution is 5.10. The average Bonchev–Trinajstić information content (AvgIpc) is 3.21. The van der Waals surface area contributed by atoms with E-state index in [-0.39, 0.29) is 5.92 Å². The Balaban J connectivity index is 1.59. The van der Waals surface area contributed by atoms with E-state index in [1.807, 2.05) is 10.7 Å². The minimum atomic E-state index is -4.36. The molecule has 1 aliphatic heterocycles. The fraction of sp³-hybridized carbons (Fsp3) is 0.625. The Labute approximate surface area is 138 Å². The van der Waals surface area contributed by atoms with Crippen LogP contribution < -0.4 is 0 Å². The average molecular weight is 341 g/mol. The van der Waals surface area contributed by atoms with Gasteiger partial charge in [0.05, 0.1) is 6.20 Å². The topological polar surface area (TPSA) is 49.7 Å². The zero-order valence-corrected chi connectivity index (χ0v) is 13.7. The third-order valence-corrected chi connectivity index (χ3v) is 4.58. The number of aromatic amines is 1. The lowest BCUT2D eigenvalue weighted by atomic mass is 9.97. The largest absolute Gasteiger partial charge is 0.432 e. The number of rotatable bonds is 5. The molecule has 0 aliphatic carbocycles. The minimum Gasteiger partial charge on any atom is -0.338 e. The molecule has 0 radical (unpaired) electrons. The number of aryl methyl sites for hydroxylation is 1. The standard InChI is InChI=1S/C16H22F3N5/c1-2-24-13(5-7-21-24)6-9-23-8-3-4-12(11-23)15-20-10-14(22-15)16(17,18)19/h5,7,10,12H,2-4,6,8-9,11H2,1H3,(H,20,22). The third-order valence-electron chi connectivity index (χ3n) is 4.58. The Morgan fingerprint density at radius 3 is 2.92 bits per heavy atom. The summed E-state index contributed by atoms with van der Waals surface area (Å²) in [6, 6.07) is 2.02. The number of nitrogens with one attached hydrogen (secondary N) is 1. The van der Waals surface area contributed by atoms with Gasteiger partial charge in [-0.25, -0.2) is 4.98 Å². The number of alkyl halides is 3. The molecule has 3 rings (SSSR count). The van der Waals surface area contributed by atoms with Crippen LogP contribution in [-0.4, -0.2) is 44.3 Å². The van der Waals surface area contributed by atoms with Gasteiger partial charge in [-0.15, -0.1) is 0 Å². The van der Waals surface area contributed by atoms with E-state index in [0.29, 0.717) is 5.82 Å². The quantitative estimate of drug-likeness (QED) is 0.909. The summed E-state index contributed by atoms with van der Waals surface area (Å²) in [7, 11) is 0. The number of hydrogen-bond donors (Lipinski definition) is 1. The Bertz CT molecular complexity index is 661. The Kier molecular flexibility index (Phi) is 4.93. The van der Waals surface area contributed by atoms with Gasteiger partial charge in [0.25, 0.3) is 0 Å². The van der Waals surface area contributed by atoms with E-state index in [4.69, 9.17) is 0 Å². The van der Waals surface area contributed by atoms with Crippen LogP contribution in [0.5, 0.6) is 0 Å². The summed E-state index contributed by atoms with van der Waals surface area (Å²) in [5, 5.41) is 4.26. The molecule has 2 aromatic rings. The van der Waals surface area contributed by atoms with Gasteiger partial charge in [-0.05, 0) is 32.4 Å². The van der Waals surface area contributed by atoms with Crippen molar-refractivity contribution in [2.75, 3.05) is 19.6 Å². The van der Waals surface area contributed by atoms with Crippen molar-refractivity contribution in [2.45, 2.75) is 44.8 Å². The number of hydrogen-bond acceptors (Lipinski definition) is 3. The SMILES string of the molecule is CCn1nccc1CCN1CCCC(c2ncc(C(F)(F)F)[nH]2)C1. The first kappa shape index (κ1) is 17.0. The zero-order valence-electron chi connectivity index (χ0n) is 13.7. The van der Waals surface area contributed by atoms with Crippen LogP contribution in [0.3, 0.4) is 0 Å². The van der Waals surface area contributed by atoms with Crippen LogP contribution in [-0.2, 0) is 19.1 Å². The predicted molar refractivity (Wildman–Crippen MR) is 83.6 cm³/mol. The molecule has 1 unspecified atom stereocenters. The molecular formula is C16H22F3N5. The molecule has 0 spiro atoms. The van der Waals surface area contributed by atoms with Crippen molar-refractivity contribution < 1.29 is 13.2 Å². The second kappa shape index (κ2) is 6.96. The number of halogens is 3. The van der Waals surface area contributed by atoms with Gasteiger partial charge in [-0.3, -0.25) is 4.68 Å². The Hall–Kier alpha value is -1.83. The van der Waals surface area contributed by atoms with Crippen LogP contribution in [0.4, 0.5) is 13.2 Å². The number of imidazole rings is 1. The van der Waals surface area contributed by atoms with Crippen LogP contribution in [0, 0.1) is 0 Å². The van der Waals surface area contributed by atoms with Crippen LogP contribution in [0.15, 0.2) is 18.5 Å². The Morgan fingerprint density at radius 1 is 1.38 bits per heavy atom. The molecule has 8 heteroatoms. The van der Waals surface area contributed by atoms with Crippen molar-refractivity contribution in [3.05, 3.63) is 35.7 Å². The zero-order chi connectivity index (χ0) is 17.2. The van der Waals surface area contributed by atoms with E-state index in [0.717, 1.165) is 51.6 Å². The first-order valence-electron chi connectivity index (χ1n) is 8.32. The second-order valence-corrected chi connectivity index (χ2v) is 6.21. The lowest BCUT2D eigenvalue weighted by molar-refractivity contribution is -0.141. The molecule has 5 nitrogen and oxygen atoms in total. The highest BCUT2D eigenvalue weighted by Crippen LogP contribution is 2.31. The number of nitrogens with zero attached hydrogens (tertiary/aromatic N) is 4. The maximum atomic E-state index is 12.7. The van der Waals surface area contributed by atoms with Crippen molar-refractivity contribution >= 4 is 0 Å². The molecule has 132 valence electrons. The molecule has 3 heterocycles. The fourth-order valence-electron chi connectivity index (χ4n) is 3.30. The van der Waals surface area contributed by atoms with E-state index in [9.17, 15) is 13.2 Å². The van der Waals surface area contributed by atoms with E-state index >= 15 is 0 Å². The fourth-order valence-corrected chi connectivity index (χ4v) is 3.30. The maximum absolute atomic E-state index is 12.7. The smallest absolute Gasteiger partial charge is 0.338 e. The summed E-state index contributed by atoms with van der Waals surface area (Å²) >= 11 is 0. The summed E-state index contributed by atoms with van der Waals surface area (Å²) in [6.07, 6.45) is 1.08. The van der Waals surface area contributed by atoms with Crippen LogP contribution in [0.25, 0.3) is 0 Å². The van der Waals surface area contributed by atoms with Crippen molar-refractivity contribution in [1.82, 2.24) is 24.6 Å². The van der Waals surface area contributed by atoms with Crippen LogP contribution >= 0.6 is 0 Å². The van der Waals surface area contributed by atoms with E-state index in [1.165, 1.54) is 5.69 Å². The van der Waals surface area contributed by atoms with E-state index in [1.54, 1.807) is 6.20 Å². The third kappa shape index (κ3) is 3.80. The molecule has 0 amide bonds. The van der Waals surface area contributed by atoms with Crippen LogP contribution in [0.2, 0.25) is 0 Å². The van der Waals surface area contributed by atoms with Gasteiger partial charge in [-0.1, -0.05) is 0 Å². The molecule has 24 heavy (non-hydrogen) atoms. The van der Waals surface area contributed by atoms with E-state index in [2.05, 4.69) is 26.9 Å². The van der Waals surface area contributed by atoms with E-state index < -0.39 is 11.9 Å². The first-order chi connectivity index (χ1) is 11.5. The predicted octanol–water partition coefficient (Wildman–Crippen LogP) is 3.07. The molecule has 1 saturated heterocycles. The number of H-pyrrole nitrogens is 1. The summed E-state index contributed by atoms with van der Waals surface area (Å²) in [4.78, 5) is 8.72. The molecule has 0 saturated carbocycles. The molecular weight excluding hydrogens is 319 g/mol. The van der Waals surface area contributed by atoms with Gasteiger partial charge in [0.15, 0.2) is 0 Å². The monoisotopic (exact) mass is 341 g/mol. The first-order valence-corrected chi connectivity index (χ1v) is 8.32. The summed E-state index contributed by atoms with van der Waals surface area (Å²) in [6.45, 7) is 5.50. The van der Waals surface area contributed by atoms with Gasteiger partial charge in [0.1, 0.15) is 11.5 Å². The number of likely N-dealkylation sites (tertiary alicyclic amines) is 1. The lowest BCUT2D eigenvalue weighted by Crippen LogP contribution is -2.36. The van der Waals surface area contributed by atoms with Gasteiger partial charge in [0, 0.05) is 43.9 Å². The van der Waals surface area contributed by atoms with Crippen LogP contribution in [0.1, 0.15) is 42.9 Å². The molecule has 1 fully saturated rings. The molecule has 1 aliphatic rings. The van der Waals surface area contributed by atoms with Crippen molar-refractivity contribution in [2.24, 2.45) is 0 Å². The number of aromatic nitrogens is 4. The highest BCUT2D eigenvalue weighted by atomic mass is 19.4. The molecule has 0 bridgehead atoms. The normalized spacial score (nSPS) is 19.8.